The van der Waals surface area contributed by atoms with Crippen molar-refractivity contribution in [1.82, 2.24) is 4.98 Å². The Bertz CT molecular complexity index is 1100. The minimum absolute atomic E-state index is 0.272. The van der Waals surface area contributed by atoms with E-state index in [1.807, 2.05) is 32.0 Å². The molecule has 0 fully saturated rings. The Labute approximate surface area is 182 Å². The first-order valence-electron chi connectivity index (χ1n) is 10.3. The quantitative estimate of drug-likeness (QED) is 0.390. The van der Waals surface area contributed by atoms with Crippen LogP contribution in [0.15, 0.2) is 48.5 Å². The van der Waals surface area contributed by atoms with Gasteiger partial charge in [0.15, 0.2) is 5.60 Å². The number of aromatic nitrogens is 1. The lowest BCUT2D eigenvalue weighted by Gasteiger charge is -2.22. The van der Waals surface area contributed by atoms with Gasteiger partial charge in [-0.25, -0.2) is 14.6 Å². The van der Waals surface area contributed by atoms with Gasteiger partial charge in [-0.2, -0.15) is 0 Å². The predicted molar refractivity (Wildman–Crippen MR) is 119 cm³/mol. The zero-order valence-corrected chi connectivity index (χ0v) is 18.5. The van der Waals surface area contributed by atoms with Crippen LogP contribution in [0.4, 0.5) is 0 Å². The number of fused-ring (bicyclic) bond motifs is 1. The number of rotatable bonds is 7. The summed E-state index contributed by atoms with van der Waals surface area (Å²) >= 11 is 0. The molecule has 0 spiro atoms. The van der Waals surface area contributed by atoms with E-state index in [1.165, 1.54) is 0 Å². The molecule has 2 aromatic carbocycles. The van der Waals surface area contributed by atoms with E-state index in [1.54, 1.807) is 51.1 Å². The Balaban J connectivity index is 1.97. The summed E-state index contributed by atoms with van der Waals surface area (Å²) in [5.74, 6) is -0.522. The lowest BCUT2D eigenvalue weighted by atomic mass is 10.0. The van der Waals surface area contributed by atoms with Crippen LogP contribution in [-0.4, -0.2) is 35.7 Å². The van der Waals surface area contributed by atoms with Crippen molar-refractivity contribution in [2.75, 3.05) is 13.2 Å². The fourth-order valence-corrected chi connectivity index (χ4v) is 3.21. The van der Waals surface area contributed by atoms with Crippen molar-refractivity contribution < 1.29 is 23.8 Å². The lowest BCUT2D eigenvalue weighted by molar-refractivity contribution is -0.157. The molecule has 0 unspecified atom stereocenters. The molecule has 0 saturated heterocycles. The molecule has 0 radical (unpaired) electrons. The van der Waals surface area contributed by atoms with Gasteiger partial charge in [-0.1, -0.05) is 11.6 Å². The van der Waals surface area contributed by atoms with E-state index in [0.29, 0.717) is 23.6 Å². The molecule has 0 bridgehead atoms. The number of nitrogens with zero attached hydrogens (tertiary/aromatic N) is 1. The zero-order chi connectivity index (χ0) is 22.6. The molecule has 0 saturated carbocycles. The maximum atomic E-state index is 12.6. The van der Waals surface area contributed by atoms with E-state index in [-0.39, 0.29) is 6.61 Å². The Hall–Kier alpha value is -3.25. The minimum atomic E-state index is -1.04. The van der Waals surface area contributed by atoms with Crippen molar-refractivity contribution in [3.05, 3.63) is 59.7 Å². The van der Waals surface area contributed by atoms with Gasteiger partial charge in [-0.05, 0) is 77.1 Å². The van der Waals surface area contributed by atoms with E-state index >= 15 is 0 Å². The summed E-state index contributed by atoms with van der Waals surface area (Å²) in [7, 11) is 0. The van der Waals surface area contributed by atoms with Gasteiger partial charge in [0.05, 0.1) is 23.4 Å². The van der Waals surface area contributed by atoms with Gasteiger partial charge in [0, 0.05) is 17.6 Å². The number of ether oxygens (including phenoxy) is 3. The molecular formula is C25H27NO5. The van der Waals surface area contributed by atoms with Crippen LogP contribution in [0.2, 0.25) is 0 Å². The Morgan fingerprint density at radius 1 is 0.968 bits per heavy atom. The molecule has 0 atom stereocenters. The van der Waals surface area contributed by atoms with Gasteiger partial charge in [0.1, 0.15) is 5.75 Å². The molecule has 31 heavy (non-hydrogen) atoms. The summed E-state index contributed by atoms with van der Waals surface area (Å²) in [5.41, 5.74) is 2.45. The summed E-state index contributed by atoms with van der Waals surface area (Å²) < 4.78 is 16.1. The van der Waals surface area contributed by atoms with Gasteiger partial charge in [0.2, 0.25) is 0 Å². The lowest BCUT2D eigenvalue weighted by Crippen LogP contribution is -2.38. The highest BCUT2D eigenvalue weighted by Gasteiger charge is 2.30. The Morgan fingerprint density at radius 2 is 1.68 bits per heavy atom. The van der Waals surface area contributed by atoms with Gasteiger partial charge in [0.25, 0.3) is 0 Å². The van der Waals surface area contributed by atoms with Gasteiger partial charge >= 0.3 is 11.9 Å². The van der Waals surface area contributed by atoms with Crippen LogP contribution in [0, 0.1) is 6.92 Å². The van der Waals surface area contributed by atoms with E-state index < -0.39 is 17.5 Å². The van der Waals surface area contributed by atoms with E-state index in [0.717, 1.165) is 22.0 Å². The number of carbonyl (C=O) groups is 2. The first-order chi connectivity index (χ1) is 14.7. The molecule has 6 heteroatoms. The summed E-state index contributed by atoms with van der Waals surface area (Å²) in [6, 6.07) is 14.6. The fraction of sp³-hybridized carbons (Fsp3) is 0.320. The minimum Gasteiger partial charge on any atom is -0.462 e. The third kappa shape index (κ3) is 5.09. The monoisotopic (exact) mass is 421 g/mol. The van der Waals surface area contributed by atoms with E-state index in [4.69, 9.17) is 19.2 Å². The molecule has 162 valence electrons. The van der Waals surface area contributed by atoms with Crippen molar-refractivity contribution in [3.8, 4) is 17.0 Å². The maximum absolute atomic E-state index is 12.6. The highest BCUT2D eigenvalue weighted by atomic mass is 16.6. The largest absolute Gasteiger partial charge is 0.462 e. The second-order valence-corrected chi connectivity index (χ2v) is 7.66. The van der Waals surface area contributed by atoms with Crippen LogP contribution in [0.1, 0.15) is 43.6 Å². The number of aryl methyl sites for hydroxylation is 1. The fourth-order valence-electron chi connectivity index (χ4n) is 3.21. The van der Waals surface area contributed by atoms with Crippen molar-refractivity contribution in [1.29, 1.82) is 0 Å². The van der Waals surface area contributed by atoms with Crippen molar-refractivity contribution >= 4 is 22.8 Å². The number of carbonyl (C=O) groups excluding carboxylic acids is 2. The van der Waals surface area contributed by atoms with Crippen LogP contribution in [0.25, 0.3) is 22.2 Å². The number of hydrogen-bond acceptors (Lipinski definition) is 6. The van der Waals surface area contributed by atoms with Crippen molar-refractivity contribution in [2.45, 2.75) is 40.2 Å². The highest BCUT2D eigenvalue weighted by molar-refractivity contribution is 6.00. The second-order valence-electron chi connectivity index (χ2n) is 7.66. The van der Waals surface area contributed by atoms with Crippen LogP contribution in [0.3, 0.4) is 0 Å². The Morgan fingerprint density at radius 3 is 2.32 bits per heavy atom. The van der Waals surface area contributed by atoms with E-state index in [9.17, 15) is 9.59 Å². The summed E-state index contributed by atoms with van der Waals surface area (Å²) in [6.07, 6.45) is 0. The summed E-state index contributed by atoms with van der Waals surface area (Å²) in [5, 5.41) is 0.871. The van der Waals surface area contributed by atoms with Crippen LogP contribution in [-0.2, 0) is 14.3 Å². The molecule has 0 N–H and O–H groups in total. The van der Waals surface area contributed by atoms with Crippen LogP contribution in [0.5, 0.6) is 5.75 Å². The summed E-state index contributed by atoms with van der Waals surface area (Å²) in [6.45, 7) is 9.59. The zero-order valence-electron chi connectivity index (χ0n) is 18.5. The third-order valence-electron chi connectivity index (χ3n) is 4.80. The molecule has 0 aliphatic heterocycles. The van der Waals surface area contributed by atoms with Crippen molar-refractivity contribution in [3.63, 3.8) is 0 Å². The molecular weight excluding hydrogens is 394 g/mol. The SMILES string of the molecule is CCOC(=O)c1cc2cc(C)ccc2nc1-c1ccc(OC(=O)C(C)(C)OCC)cc1. The normalized spacial score (nSPS) is 11.4. The first kappa shape index (κ1) is 22.4. The standard InChI is InChI=1S/C25H27NO5/c1-6-29-23(27)20-15-18-14-16(3)8-13-21(18)26-22(20)17-9-11-19(12-10-17)31-24(28)25(4,5)30-7-2/h8-15H,6-7H2,1-5H3. The number of benzene rings is 2. The molecule has 3 rings (SSSR count). The third-order valence-corrected chi connectivity index (χ3v) is 4.80. The van der Waals surface area contributed by atoms with Crippen molar-refractivity contribution in [2.24, 2.45) is 0 Å². The summed E-state index contributed by atoms with van der Waals surface area (Å²) in [4.78, 5) is 29.7. The topological polar surface area (TPSA) is 74.7 Å². The maximum Gasteiger partial charge on any atom is 0.343 e. The van der Waals surface area contributed by atoms with Gasteiger partial charge in [-0.3, -0.25) is 0 Å². The molecule has 0 aliphatic carbocycles. The average molecular weight is 421 g/mol. The molecule has 3 aromatic rings. The molecule has 6 nitrogen and oxygen atoms in total. The molecule has 1 aromatic heterocycles. The second kappa shape index (κ2) is 9.27. The molecule has 0 amide bonds. The average Bonchev–Trinajstić information content (AvgIpc) is 2.73. The van der Waals surface area contributed by atoms with Gasteiger partial charge < -0.3 is 14.2 Å². The first-order valence-corrected chi connectivity index (χ1v) is 10.3. The number of hydrogen-bond donors (Lipinski definition) is 0. The molecule has 1 heterocycles. The number of pyridine rings is 1. The van der Waals surface area contributed by atoms with E-state index in [2.05, 4.69) is 0 Å². The van der Waals surface area contributed by atoms with Crippen LogP contribution < -0.4 is 4.74 Å². The highest BCUT2D eigenvalue weighted by Crippen LogP contribution is 2.29. The van der Waals surface area contributed by atoms with Gasteiger partial charge in [-0.15, -0.1) is 0 Å². The smallest absolute Gasteiger partial charge is 0.343 e. The predicted octanol–water partition coefficient (Wildman–Crippen LogP) is 5.11. The van der Waals surface area contributed by atoms with Crippen LogP contribution >= 0.6 is 0 Å². The number of esters is 2. The Kier molecular flexibility index (Phi) is 6.71. The molecule has 0 aliphatic rings.